The zero-order valence-corrected chi connectivity index (χ0v) is 13.7. The average molecular weight is 303 g/mol. The number of likely N-dealkylation sites (tertiary alicyclic amines) is 1. The molecule has 4 nitrogen and oxygen atoms in total. The molecular formula is C18H29N3O. The smallest absolute Gasteiger partial charge is 0.220 e. The van der Waals surface area contributed by atoms with Gasteiger partial charge in [-0.05, 0) is 49.9 Å². The fourth-order valence-corrected chi connectivity index (χ4v) is 3.03. The summed E-state index contributed by atoms with van der Waals surface area (Å²) in [5, 5.41) is 3.06. The van der Waals surface area contributed by atoms with E-state index in [1.54, 1.807) is 0 Å². The van der Waals surface area contributed by atoms with Gasteiger partial charge in [0.05, 0.1) is 0 Å². The van der Waals surface area contributed by atoms with E-state index in [0.29, 0.717) is 18.8 Å². The topological polar surface area (TPSA) is 58.4 Å². The maximum absolute atomic E-state index is 12.0. The fraction of sp³-hybridized carbons (Fsp3) is 0.611. The molecule has 3 N–H and O–H groups in total. The normalized spacial score (nSPS) is 17.1. The molecule has 0 aromatic heterocycles. The Morgan fingerprint density at radius 2 is 2.00 bits per heavy atom. The van der Waals surface area contributed by atoms with Gasteiger partial charge < -0.3 is 16.0 Å². The van der Waals surface area contributed by atoms with Crippen LogP contribution < -0.4 is 11.1 Å². The lowest BCUT2D eigenvalue weighted by Gasteiger charge is -2.29. The van der Waals surface area contributed by atoms with Gasteiger partial charge in [0, 0.05) is 25.2 Å². The highest BCUT2D eigenvalue weighted by atomic mass is 16.1. The number of aryl methyl sites for hydroxylation is 1. The van der Waals surface area contributed by atoms with Crippen molar-refractivity contribution in [2.75, 3.05) is 31.9 Å². The maximum atomic E-state index is 12.0. The number of nitrogens with zero attached hydrogens (tertiary/aromatic N) is 1. The second-order valence-electron chi connectivity index (χ2n) is 6.47. The van der Waals surface area contributed by atoms with E-state index in [-0.39, 0.29) is 5.91 Å². The first-order valence-corrected chi connectivity index (χ1v) is 8.47. The molecule has 122 valence electrons. The lowest BCUT2D eigenvalue weighted by molar-refractivity contribution is -0.121. The molecule has 1 unspecified atom stereocenters. The van der Waals surface area contributed by atoms with Gasteiger partial charge in [0.1, 0.15) is 0 Å². The molecule has 22 heavy (non-hydrogen) atoms. The van der Waals surface area contributed by atoms with Crippen LogP contribution in [0.3, 0.4) is 0 Å². The summed E-state index contributed by atoms with van der Waals surface area (Å²) in [4.78, 5) is 14.5. The van der Waals surface area contributed by atoms with Crippen LogP contribution in [-0.4, -0.2) is 37.0 Å². The van der Waals surface area contributed by atoms with Crippen molar-refractivity contribution in [3.8, 4) is 0 Å². The number of carbonyl (C=O) groups is 1. The van der Waals surface area contributed by atoms with Crippen LogP contribution in [0.15, 0.2) is 24.3 Å². The van der Waals surface area contributed by atoms with Crippen LogP contribution in [-0.2, 0) is 11.2 Å². The van der Waals surface area contributed by atoms with Gasteiger partial charge in [-0.2, -0.15) is 0 Å². The molecule has 1 aliphatic rings. The van der Waals surface area contributed by atoms with E-state index in [9.17, 15) is 4.79 Å². The van der Waals surface area contributed by atoms with Crippen molar-refractivity contribution in [2.45, 2.75) is 39.0 Å². The number of amides is 1. The predicted octanol–water partition coefficient (Wildman–Crippen LogP) is 2.44. The standard InChI is InChI=1S/C18H29N3O/c1-15(14-21-11-5-2-6-12-21)13-20-18(22)10-9-16-7-3-4-8-17(16)19/h3-4,7-8,15H,2,5-6,9-14,19H2,1H3,(H,20,22). The molecule has 0 spiro atoms. The largest absolute Gasteiger partial charge is 0.399 e. The molecule has 1 aromatic carbocycles. The van der Waals surface area contributed by atoms with Crippen LogP contribution in [0.2, 0.25) is 0 Å². The average Bonchev–Trinajstić information content (AvgIpc) is 2.53. The number of nitrogens with one attached hydrogen (secondary N) is 1. The number of nitrogen functional groups attached to an aromatic ring is 1. The van der Waals surface area contributed by atoms with Crippen molar-refractivity contribution in [2.24, 2.45) is 5.92 Å². The summed E-state index contributed by atoms with van der Waals surface area (Å²) in [6.45, 7) is 6.49. The number of anilines is 1. The highest BCUT2D eigenvalue weighted by Crippen LogP contribution is 2.13. The van der Waals surface area contributed by atoms with Crippen LogP contribution in [0.5, 0.6) is 0 Å². The van der Waals surface area contributed by atoms with Gasteiger partial charge in [-0.1, -0.05) is 31.5 Å². The minimum absolute atomic E-state index is 0.119. The number of hydrogen-bond acceptors (Lipinski definition) is 3. The van der Waals surface area contributed by atoms with Gasteiger partial charge in [0.15, 0.2) is 0 Å². The summed E-state index contributed by atoms with van der Waals surface area (Å²) in [5.41, 5.74) is 7.72. The van der Waals surface area contributed by atoms with Crippen molar-refractivity contribution in [3.63, 3.8) is 0 Å². The molecule has 0 bridgehead atoms. The van der Waals surface area contributed by atoms with Gasteiger partial charge in [0.25, 0.3) is 0 Å². The Kier molecular flexibility index (Phi) is 6.72. The van der Waals surface area contributed by atoms with E-state index in [4.69, 9.17) is 5.73 Å². The quantitative estimate of drug-likeness (QED) is 0.761. The minimum Gasteiger partial charge on any atom is -0.399 e. The maximum Gasteiger partial charge on any atom is 0.220 e. The molecule has 0 aliphatic carbocycles. The monoisotopic (exact) mass is 303 g/mol. The van der Waals surface area contributed by atoms with Crippen LogP contribution in [0.4, 0.5) is 5.69 Å². The third-order valence-corrected chi connectivity index (χ3v) is 4.34. The molecule has 1 heterocycles. The molecule has 2 rings (SSSR count). The molecule has 1 fully saturated rings. The highest BCUT2D eigenvalue weighted by molar-refractivity contribution is 5.76. The lowest BCUT2D eigenvalue weighted by Crippen LogP contribution is -2.38. The first-order chi connectivity index (χ1) is 10.6. The summed E-state index contributed by atoms with van der Waals surface area (Å²) in [6, 6.07) is 7.75. The van der Waals surface area contributed by atoms with E-state index in [1.165, 1.54) is 32.4 Å². The van der Waals surface area contributed by atoms with E-state index in [0.717, 1.165) is 24.3 Å². The van der Waals surface area contributed by atoms with E-state index < -0.39 is 0 Å². The van der Waals surface area contributed by atoms with Crippen LogP contribution in [0, 0.1) is 5.92 Å². The molecule has 1 aliphatic heterocycles. The SMILES string of the molecule is CC(CNC(=O)CCc1ccccc1N)CN1CCCCC1. The molecule has 1 saturated heterocycles. The van der Waals surface area contributed by atoms with Gasteiger partial charge in [-0.3, -0.25) is 4.79 Å². The molecule has 4 heteroatoms. The molecule has 1 atom stereocenters. The van der Waals surface area contributed by atoms with Gasteiger partial charge >= 0.3 is 0 Å². The van der Waals surface area contributed by atoms with Crippen LogP contribution in [0.1, 0.15) is 38.2 Å². The van der Waals surface area contributed by atoms with E-state index in [2.05, 4.69) is 17.1 Å². The zero-order chi connectivity index (χ0) is 15.8. The van der Waals surface area contributed by atoms with E-state index >= 15 is 0 Å². The third-order valence-electron chi connectivity index (χ3n) is 4.34. The Labute approximate surface area is 134 Å². The first kappa shape index (κ1) is 16.8. The van der Waals surface area contributed by atoms with Crippen molar-refractivity contribution in [1.29, 1.82) is 0 Å². The molecule has 1 aromatic rings. The van der Waals surface area contributed by atoms with Crippen molar-refractivity contribution in [3.05, 3.63) is 29.8 Å². The first-order valence-electron chi connectivity index (χ1n) is 8.47. The highest BCUT2D eigenvalue weighted by Gasteiger charge is 2.14. The molecular weight excluding hydrogens is 274 g/mol. The Balaban J connectivity index is 1.63. The number of para-hydroxylation sites is 1. The summed E-state index contributed by atoms with van der Waals surface area (Å²) in [7, 11) is 0. The predicted molar refractivity (Wildman–Crippen MR) is 91.6 cm³/mol. The Hall–Kier alpha value is -1.55. The lowest BCUT2D eigenvalue weighted by atomic mass is 10.1. The number of benzene rings is 1. The summed E-state index contributed by atoms with van der Waals surface area (Å²) < 4.78 is 0. The van der Waals surface area contributed by atoms with Crippen LogP contribution >= 0.6 is 0 Å². The van der Waals surface area contributed by atoms with Crippen molar-refractivity contribution in [1.82, 2.24) is 10.2 Å². The molecule has 0 radical (unpaired) electrons. The third kappa shape index (κ3) is 5.68. The second kappa shape index (κ2) is 8.79. The fourth-order valence-electron chi connectivity index (χ4n) is 3.03. The number of carbonyl (C=O) groups excluding carboxylic acids is 1. The number of nitrogens with two attached hydrogens (primary N) is 1. The summed E-state index contributed by atoms with van der Waals surface area (Å²) >= 11 is 0. The summed E-state index contributed by atoms with van der Waals surface area (Å²) in [6.07, 6.45) is 5.21. The number of hydrogen-bond donors (Lipinski definition) is 2. The second-order valence-corrected chi connectivity index (χ2v) is 6.47. The Bertz CT molecular complexity index is 469. The zero-order valence-electron chi connectivity index (χ0n) is 13.7. The minimum atomic E-state index is 0.119. The van der Waals surface area contributed by atoms with E-state index in [1.807, 2.05) is 24.3 Å². The van der Waals surface area contributed by atoms with Crippen molar-refractivity contribution < 1.29 is 4.79 Å². The van der Waals surface area contributed by atoms with Crippen LogP contribution in [0.25, 0.3) is 0 Å². The number of piperidine rings is 1. The molecule has 1 amide bonds. The number of rotatable bonds is 7. The Morgan fingerprint density at radius 3 is 2.73 bits per heavy atom. The Morgan fingerprint density at radius 1 is 1.27 bits per heavy atom. The van der Waals surface area contributed by atoms with Gasteiger partial charge in [0.2, 0.25) is 5.91 Å². The van der Waals surface area contributed by atoms with Crippen molar-refractivity contribution >= 4 is 11.6 Å². The van der Waals surface area contributed by atoms with Gasteiger partial charge in [-0.25, -0.2) is 0 Å². The van der Waals surface area contributed by atoms with Gasteiger partial charge in [-0.15, -0.1) is 0 Å². The summed E-state index contributed by atoms with van der Waals surface area (Å²) in [5.74, 6) is 0.623. The molecule has 0 saturated carbocycles.